The van der Waals surface area contributed by atoms with Gasteiger partial charge < -0.3 is 9.64 Å². The van der Waals surface area contributed by atoms with Crippen LogP contribution < -0.4 is 0 Å². The highest BCUT2D eigenvalue weighted by molar-refractivity contribution is 4.77. The molecule has 12 heavy (non-hydrogen) atoms. The maximum absolute atomic E-state index is 5.00. The minimum absolute atomic E-state index is 0.917. The van der Waals surface area contributed by atoms with Gasteiger partial charge in [0.1, 0.15) is 0 Å². The van der Waals surface area contributed by atoms with Gasteiger partial charge in [0.05, 0.1) is 0 Å². The van der Waals surface area contributed by atoms with Crippen LogP contribution >= 0.6 is 0 Å². The molecular formula is C10H23NO. The van der Waals surface area contributed by atoms with Crippen LogP contribution in [0.5, 0.6) is 0 Å². The van der Waals surface area contributed by atoms with Crippen LogP contribution in [0.4, 0.5) is 0 Å². The summed E-state index contributed by atoms with van der Waals surface area (Å²) in [6, 6.07) is 0. The van der Waals surface area contributed by atoms with Crippen molar-refractivity contribution < 1.29 is 4.74 Å². The van der Waals surface area contributed by atoms with E-state index in [0.29, 0.717) is 0 Å². The number of methoxy groups -OCH3 is 1. The van der Waals surface area contributed by atoms with Gasteiger partial charge >= 0.3 is 0 Å². The highest BCUT2D eigenvalue weighted by Gasteiger charge is 2.23. The van der Waals surface area contributed by atoms with Crippen LogP contribution in [-0.2, 0) is 4.74 Å². The summed E-state index contributed by atoms with van der Waals surface area (Å²) >= 11 is 0. The third-order valence-electron chi connectivity index (χ3n) is 2.21. The lowest BCUT2D eigenvalue weighted by Crippen LogP contribution is -2.46. The second-order valence-electron chi connectivity index (χ2n) is 3.00. The molecule has 0 radical (unpaired) electrons. The first-order chi connectivity index (χ1) is 5.86. The van der Waals surface area contributed by atoms with Gasteiger partial charge in [-0.15, -0.1) is 0 Å². The fourth-order valence-corrected chi connectivity index (χ4v) is 1.40. The zero-order valence-corrected chi connectivity index (χ0v) is 8.97. The summed E-state index contributed by atoms with van der Waals surface area (Å²) in [4.78, 5) is 2.46. The lowest BCUT2D eigenvalue weighted by Gasteiger charge is -2.38. The Labute approximate surface area is 76.9 Å². The summed E-state index contributed by atoms with van der Waals surface area (Å²) in [5.74, 6) is 0.917. The van der Waals surface area contributed by atoms with E-state index in [-0.39, 0.29) is 0 Å². The first-order valence-corrected chi connectivity index (χ1v) is 5.08. The molecule has 1 fully saturated rings. The third kappa shape index (κ3) is 4.07. The van der Waals surface area contributed by atoms with Gasteiger partial charge in [0.2, 0.25) is 0 Å². The summed E-state index contributed by atoms with van der Waals surface area (Å²) in [5.41, 5.74) is 0. The number of nitrogens with zero attached hydrogens (tertiary/aromatic N) is 1. The Morgan fingerprint density at radius 1 is 1.33 bits per heavy atom. The van der Waals surface area contributed by atoms with E-state index in [2.05, 4.69) is 11.8 Å². The quantitative estimate of drug-likeness (QED) is 0.644. The topological polar surface area (TPSA) is 12.5 Å². The summed E-state index contributed by atoms with van der Waals surface area (Å²) in [6.07, 6.45) is 1.24. The molecule has 0 atom stereocenters. The normalized spacial score (nSPS) is 18.0. The first-order valence-electron chi connectivity index (χ1n) is 5.08. The fraction of sp³-hybridized carbons (Fsp3) is 1.00. The molecule has 1 heterocycles. The van der Waals surface area contributed by atoms with Gasteiger partial charge in [-0.3, -0.25) is 0 Å². The average molecular weight is 173 g/mol. The lowest BCUT2D eigenvalue weighted by molar-refractivity contribution is 0.0741. The van der Waals surface area contributed by atoms with E-state index in [1.54, 1.807) is 7.11 Å². The molecule has 1 aliphatic rings. The fourth-order valence-electron chi connectivity index (χ4n) is 1.40. The van der Waals surface area contributed by atoms with Crippen LogP contribution in [-0.4, -0.2) is 38.3 Å². The molecule has 1 rings (SSSR count). The summed E-state index contributed by atoms with van der Waals surface area (Å²) < 4.78 is 5.00. The smallest absolute Gasteiger partial charge is 0.0465 e. The van der Waals surface area contributed by atoms with Crippen LogP contribution in [0, 0.1) is 5.92 Å². The van der Waals surface area contributed by atoms with Crippen LogP contribution in [0.1, 0.15) is 27.2 Å². The molecule has 74 valence electrons. The molecule has 1 saturated heterocycles. The average Bonchev–Trinajstić information content (AvgIpc) is 2.06. The SMILES string of the molecule is CC.CCN1CC(CCOC)C1. The predicted octanol–water partition coefficient (Wildman–Crippen LogP) is 2.00. The molecule has 0 aromatic heterocycles. The molecule has 0 spiro atoms. The Bertz CT molecular complexity index is 87.1. The van der Waals surface area contributed by atoms with Crippen LogP contribution in [0.2, 0.25) is 0 Å². The van der Waals surface area contributed by atoms with Crippen molar-refractivity contribution in [2.45, 2.75) is 27.2 Å². The van der Waals surface area contributed by atoms with E-state index >= 15 is 0 Å². The van der Waals surface area contributed by atoms with E-state index < -0.39 is 0 Å². The number of hydrogen-bond donors (Lipinski definition) is 0. The van der Waals surface area contributed by atoms with Gasteiger partial charge in [0.15, 0.2) is 0 Å². The molecule has 0 amide bonds. The van der Waals surface area contributed by atoms with Crippen LogP contribution in [0.3, 0.4) is 0 Å². The molecule has 2 heteroatoms. The maximum atomic E-state index is 5.00. The van der Waals surface area contributed by atoms with Crippen molar-refractivity contribution in [2.24, 2.45) is 5.92 Å². The molecule has 0 aromatic rings. The standard InChI is InChI=1S/C8H17NO.C2H6/c1-3-9-6-8(7-9)4-5-10-2;1-2/h8H,3-7H2,1-2H3;1-2H3. The lowest BCUT2D eigenvalue weighted by atomic mass is 9.97. The molecular weight excluding hydrogens is 150 g/mol. The summed E-state index contributed by atoms with van der Waals surface area (Å²) in [6.45, 7) is 10.9. The van der Waals surface area contributed by atoms with Crippen molar-refractivity contribution in [1.29, 1.82) is 0 Å². The number of hydrogen-bond acceptors (Lipinski definition) is 2. The van der Waals surface area contributed by atoms with Crippen LogP contribution in [0.25, 0.3) is 0 Å². The third-order valence-corrected chi connectivity index (χ3v) is 2.21. The van der Waals surface area contributed by atoms with Gasteiger partial charge in [0, 0.05) is 26.8 Å². The van der Waals surface area contributed by atoms with Crippen molar-refractivity contribution >= 4 is 0 Å². The van der Waals surface area contributed by atoms with Gasteiger partial charge in [-0.2, -0.15) is 0 Å². The Morgan fingerprint density at radius 3 is 2.33 bits per heavy atom. The Balaban J connectivity index is 0.000000561. The van der Waals surface area contributed by atoms with Crippen LogP contribution in [0.15, 0.2) is 0 Å². The Kier molecular flexibility index (Phi) is 7.51. The second-order valence-corrected chi connectivity index (χ2v) is 3.00. The van der Waals surface area contributed by atoms with Crippen molar-refractivity contribution in [3.05, 3.63) is 0 Å². The van der Waals surface area contributed by atoms with Gasteiger partial charge in [-0.1, -0.05) is 20.8 Å². The van der Waals surface area contributed by atoms with E-state index in [9.17, 15) is 0 Å². The van der Waals surface area contributed by atoms with Gasteiger partial charge in [-0.05, 0) is 18.9 Å². The molecule has 0 N–H and O–H groups in total. The second kappa shape index (κ2) is 7.56. The monoisotopic (exact) mass is 173 g/mol. The summed E-state index contributed by atoms with van der Waals surface area (Å²) in [5, 5.41) is 0. The van der Waals surface area contributed by atoms with Gasteiger partial charge in [-0.25, -0.2) is 0 Å². The highest BCUT2D eigenvalue weighted by Crippen LogP contribution is 2.17. The minimum Gasteiger partial charge on any atom is -0.385 e. The van der Waals surface area contributed by atoms with Gasteiger partial charge in [0.25, 0.3) is 0 Å². The molecule has 0 saturated carbocycles. The van der Waals surface area contributed by atoms with Crippen molar-refractivity contribution in [1.82, 2.24) is 4.90 Å². The molecule has 1 aliphatic heterocycles. The summed E-state index contributed by atoms with van der Waals surface area (Å²) in [7, 11) is 1.77. The largest absolute Gasteiger partial charge is 0.385 e. The van der Waals surface area contributed by atoms with E-state index in [0.717, 1.165) is 12.5 Å². The molecule has 0 bridgehead atoms. The molecule has 0 aromatic carbocycles. The minimum atomic E-state index is 0.917. The zero-order chi connectivity index (χ0) is 9.40. The molecule has 0 unspecified atom stereocenters. The number of ether oxygens (including phenoxy) is 1. The predicted molar refractivity (Wildman–Crippen MR) is 53.4 cm³/mol. The van der Waals surface area contributed by atoms with Crippen molar-refractivity contribution in [2.75, 3.05) is 33.4 Å². The Morgan fingerprint density at radius 2 is 1.92 bits per heavy atom. The molecule has 0 aliphatic carbocycles. The maximum Gasteiger partial charge on any atom is 0.0465 e. The zero-order valence-electron chi connectivity index (χ0n) is 8.97. The van der Waals surface area contributed by atoms with Crippen molar-refractivity contribution in [3.63, 3.8) is 0 Å². The Hall–Kier alpha value is -0.0800. The number of rotatable bonds is 4. The van der Waals surface area contributed by atoms with E-state index in [1.165, 1.54) is 26.1 Å². The highest BCUT2D eigenvalue weighted by atomic mass is 16.5. The number of likely N-dealkylation sites (tertiary alicyclic amines) is 1. The first kappa shape index (κ1) is 11.9. The van der Waals surface area contributed by atoms with Crippen molar-refractivity contribution in [3.8, 4) is 0 Å². The van der Waals surface area contributed by atoms with E-state index in [1.807, 2.05) is 13.8 Å². The van der Waals surface area contributed by atoms with E-state index in [4.69, 9.17) is 4.74 Å². The molecule has 2 nitrogen and oxygen atoms in total.